The zero-order chi connectivity index (χ0) is 31.1. The van der Waals surface area contributed by atoms with Gasteiger partial charge in [-0.05, 0) is 41.1 Å². The van der Waals surface area contributed by atoms with Crippen LogP contribution in [0.4, 0.5) is 39.5 Å². The average molecular weight is 626 g/mol. The monoisotopic (exact) mass is 625 g/mol. The second-order valence-corrected chi connectivity index (χ2v) is 9.44. The minimum absolute atomic E-state index is 0.0641. The minimum atomic E-state index is -5.27. The third-order valence-corrected chi connectivity index (χ3v) is 6.32. The van der Waals surface area contributed by atoms with Crippen molar-refractivity contribution in [3.05, 3.63) is 87.9 Å². The van der Waals surface area contributed by atoms with Gasteiger partial charge in [0, 0.05) is 21.7 Å². The molecule has 0 spiro atoms. The van der Waals surface area contributed by atoms with Crippen LogP contribution >= 0.6 is 11.6 Å². The maximum atomic E-state index is 14.4. The van der Waals surface area contributed by atoms with Gasteiger partial charge >= 0.3 is 18.5 Å². The van der Waals surface area contributed by atoms with Crippen LogP contribution < -0.4 is 16.1 Å². The molecule has 2 amide bonds. The Balaban J connectivity index is 1.71. The number of nitrogens with one attached hydrogen (secondary N) is 3. The minimum Gasteiger partial charge on any atom is -0.345 e. The van der Waals surface area contributed by atoms with Crippen molar-refractivity contribution in [3.63, 3.8) is 0 Å². The molecule has 16 heteroatoms. The number of hydrogen-bond acceptors (Lipinski definition) is 4. The molecule has 0 radical (unpaired) electrons. The number of carbonyl (C=O) groups excluding carboxylic acids is 2. The van der Waals surface area contributed by atoms with Crippen molar-refractivity contribution < 1.29 is 53.9 Å². The van der Waals surface area contributed by atoms with E-state index in [2.05, 4.69) is 10.8 Å². The zero-order valence-corrected chi connectivity index (χ0v) is 21.4. The first-order chi connectivity index (χ1) is 19.4. The van der Waals surface area contributed by atoms with Gasteiger partial charge in [0.25, 0.3) is 5.91 Å². The van der Waals surface area contributed by atoms with E-state index in [-0.39, 0.29) is 33.7 Å². The molecule has 1 unspecified atom stereocenters. The fraction of sp³-hybridized carbons (Fsp3) is 0.231. The van der Waals surface area contributed by atoms with Crippen molar-refractivity contribution in [1.82, 2.24) is 16.1 Å². The van der Waals surface area contributed by atoms with Gasteiger partial charge in [0.2, 0.25) is 11.5 Å². The number of benzene rings is 3. The van der Waals surface area contributed by atoms with Crippen LogP contribution in [-0.2, 0) is 21.4 Å². The zero-order valence-electron chi connectivity index (χ0n) is 20.7. The molecule has 6 nitrogen and oxygen atoms in total. The summed E-state index contributed by atoms with van der Waals surface area (Å²) in [4.78, 5) is 29.3. The lowest BCUT2D eigenvalue weighted by Crippen LogP contribution is -2.42. The molecule has 4 rings (SSSR count). The van der Waals surface area contributed by atoms with Crippen molar-refractivity contribution in [2.24, 2.45) is 0 Å². The number of fused-ring (bicyclic) bond motifs is 1. The topological polar surface area (TPSA) is 79.5 Å². The Morgan fingerprint density at radius 1 is 0.881 bits per heavy atom. The molecular weight excluding hydrogens is 609 g/mol. The third-order valence-electron chi connectivity index (χ3n) is 6.10. The van der Waals surface area contributed by atoms with E-state index in [1.165, 1.54) is 36.4 Å². The van der Waals surface area contributed by atoms with Gasteiger partial charge in [-0.25, -0.2) is 0 Å². The SMILES string of the molecule is O=C(CNC(=O)c1ccc(C2=CC(c3cc(Cl)cc(C(F)(F)F)c3)(C(F)(F)F)ON2)c2ccccc12)NCC(F)(F)F. The van der Waals surface area contributed by atoms with Crippen molar-refractivity contribution in [1.29, 1.82) is 0 Å². The Morgan fingerprint density at radius 3 is 2.17 bits per heavy atom. The average Bonchev–Trinajstić information content (AvgIpc) is 3.36. The second-order valence-electron chi connectivity index (χ2n) is 9.00. The van der Waals surface area contributed by atoms with Crippen LogP contribution in [0.25, 0.3) is 16.5 Å². The first-order valence-corrected chi connectivity index (χ1v) is 12.0. The van der Waals surface area contributed by atoms with E-state index in [1.807, 2.05) is 0 Å². The molecular formula is C26H17ClF9N3O3. The first-order valence-electron chi connectivity index (χ1n) is 11.7. The summed E-state index contributed by atoms with van der Waals surface area (Å²) in [5.41, 5.74) is -3.92. The molecule has 0 fully saturated rings. The highest BCUT2D eigenvalue weighted by Crippen LogP contribution is 2.49. The largest absolute Gasteiger partial charge is 0.428 e. The summed E-state index contributed by atoms with van der Waals surface area (Å²) < 4.78 is 120. The molecule has 0 bridgehead atoms. The predicted molar refractivity (Wildman–Crippen MR) is 132 cm³/mol. The van der Waals surface area contributed by atoms with E-state index >= 15 is 0 Å². The summed E-state index contributed by atoms with van der Waals surface area (Å²) in [5.74, 6) is -1.98. The molecule has 1 aliphatic heterocycles. The number of hydroxylamine groups is 1. The standard InChI is InChI=1S/C26H17ClF9N3O3/c27-15-8-13(7-14(9-15)25(31,32)33)23(26(34,35)36)10-20(39-42-23)18-5-6-19(17-4-2-1-3-16(17)18)22(41)37-11-21(40)38-12-24(28,29)30/h1-10,39H,11-12H2,(H,37,41)(H,38,40). The molecule has 3 aromatic carbocycles. The van der Waals surface area contributed by atoms with Gasteiger partial charge < -0.3 is 10.6 Å². The molecule has 0 aliphatic carbocycles. The molecule has 1 aliphatic rings. The first kappa shape index (κ1) is 31.0. The highest BCUT2D eigenvalue weighted by atomic mass is 35.5. The Hall–Kier alpha value is -3.98. The van der Waals surface area contributed by atoms with Gasteiger partial charge in [-0.3, -0.25) is 19.9 Å². The molecule has 0 saturated carbocycles. The van der Waals surface area contributed by atoms with Crippen LogP contribution in [0.1, 0.15) is 27.0 Å². The Morgan fingerprint density at radius 2 is 1.55 bits per heavy atom. The molecule has 0 aromatic heterocycles. The maximum Gasteiger partial charge on any atom is 0.428 e. The third kappa shape index (κ3) is 6.41. The molecule has 3 aromatic rings. The van der Waals surface area contributed by atoms with E-state index in [0.29, 0.717) is 18.2 Å². The number of amides is 2. The summed E-state index contributed by atoms with van der Waals surface area (Å²) in [7, 11) is 0. The number of carbonyl (C=O) groups is 2. The van der Waals surface area contributed by atoms with Gasteiger partial charge in [0.1, 0.15) is 6.54 Å². The fourth-order valence-corrected chi connectivity index (χ4v) is 4.43. The van der Waals surface area contributed by atoms with Crippen LogP contribution in [0, 0.1) is 0 Å². The summed E-state index contributed by atoms with van der Waals surface area (Å²) in [5, 5.41) is 3.53. The predicted octanol–water partition coefficient (Wildman–Crippen LogP) is 6.25. The normalized spacial score (nSPS) is 17.5. The fourth-order valence-electron chi connectivity index (χ4n) is 4.19. The highest BCUT2D eigenvalue weighted by molar-refractivity contribution is 6.30. The maximum absolute atomic E-state index is 14.4. The van der Waals surface area contributed by atoms with E-state index in [1.54, 1.807) is 5.32 Å². The molecule has 1 atom stereocenters. The van der Waals surface area contributed by atoms with Crippen molar-refractivity contribution in [2.45, 2.75) is 24.1 Å². The van der Waals surface area contributed by atoms with Crippen molar-refractivity contribution >= 4 is 39.9 Å². The Bertz CT molecular complexity index is 1570. The van der Waals surface area contributed by atoms with Gasteiger partial charge in [0.15, 0.2) is 0 Å². The number of halogens is 10. The Labute approximate surface area is 235 Å². The van der Waals surface area contributed by atoms with Gasteiger partial charge in [-0.15, -0.1) is 0 Å². The van der Waals surface area contributed by atoms with E-state index in [0.717, 1.165) is 0 Å². The second kappa shape index (κ2) is 11.0. The lowest BCUT2D eigenvalue weighted by atomic mass is 9.89. The van der Waals surface area contributed by atoms with E-state index in [4.69, 9.17) is 16.4 Å². The van der Waals surface area contributed by atoms with E-state index < -0.39 is 65.2 Å². The van der Waals surface area contributed by atoms with Crippen molar-refractivity contribution in [3.8, 4) is 0 Å². The van der Waals surface area contributed by atoms with Crippen LogP contribution in [0.2, 0.25) is 5.02 Å². The lowest BCUT2D eigenvalue weighted by molar-refractivity contribution is -0.269. The molecule has 3 N–H and O–H groups in total. The van der Waals surface area contributed by atoms with Crippen LogP contribution in [-0.4, -0.2) is 37.3 Å². The van der Waals surface area contributed by atoms with Crippen molar-refractivity contribution in [2.75, 3.05) is 13.1 Å². The van der Waals surface area contributed by atoms with E-state index in [9.17, 15) is 49.1 Å². The molecule has 0 saturated heterocycles. The lowest BCUT2D eigenvalue weighted by Gasteiger charge is -2.29. The van der Waals surface area contributed by atoms with Crippen LogP contribution in [0.5, 0.6) is 0 Å². The highest BCUT2D eigenvalue weighted by Gasteiger charge is 2.60. The van der Waals surface area contributed by atoms with Gasteiger partial charge in [-0.2, -0.15) is 39.5 Å². The summed E-state index contributed by atoms with van der Waals surface area (Å²) in [6.07, 6.45) is -14.4. The molecule has 42 heavy (non-hydrogen) atoms. The number of hydrogen-bond donors (Lipinski definition) is 3. The summed E-state index contributed by atoms with van der Waals surface area (Å²) in [6, 6.07) is 9.73. The summed E-state index contributed by atoms with van der Waals surface area (Å²) in [6.45, 7) is -2.39. The quantitative estimate of drug-likeness (QED) is 0.283. The van der Waals surface area contributed by atoms with Crippen LogP contribution in [0.3, 0.4) is 0 Å². The Kier molecular flexibility index (Phi) is 8.12. The number of alkyl halides is 9. The number of rotatable bonds is 6. The molecule has 1 heterocycles. The molecule has 224 valence electrons. The summed E-state index contributed by atoms with van der Waals surface area (Å²) >= 11 is 5.73. The smallest absolute Gasteiger partial charge is 0.345 e. The van der Waals surface area contributed by atoms with Gasteiger partial charge in [0.05, 0.1) is 17.8 Å². The van der Waals surface area contributed by atoms with Crippen LogP contribution in [0.15, 0.2) is 60.7 Å². The van der Waals surface area contributed by atoms with Gasteiger partial charge in [-0.1, -0.05) is 41.9 Å².